The van der Waals surface area contributed by atoms with E-state index in [0.29, 0.717) is 5.69 Å². The summed E-state index contributed by atoms with van der Waals surface area (Å²) in [6.07, 6.45) is 4.68. The van der Waals surface area contributed by atoms with Crippen LogP contribution >= 0.6 is 0 Å². The third kappa shape index (κ3) is 2.34. The number of unbranched alkanes of at least 4 members (excludes halogenated alkanes) is 2. The Balaban J connectivity index is 2.72. The lowest BCUT2D eigenvalue weighted by molar-refractivity contribution is 0.0684. The third-order valence-electron chi connectivity index (χ3n) is 2.26. The van der Waals surface area contributed by atoms with E-state index < -0.39 is 5.97 Å². The maximum atomic E-state index is 10.8. The van der Waals surface area contributed by atoms with Crippen molar-refractivity contribution in [2.75, 3.05) is 0 Å². The highest BCUT2D eigenvalue weighted by Gasteiger charge is 2.11. The first kappa shape index (κ1) is 10.8. The number of aromatic carboxylic acids is 1. The van der Waals surface area contributed by atoms with Gasteiger partial charge in [-0.15, -0.1) is 0 Å². The molecule has 1 rings (SSSR count). The molecule has 1 N–H and O–H groups in total. The summed E-state index contributed by atoms with van der Waals surface area (Å²) < 4.78 is 1.76. The summed E-state index contributed by atoms with van der Waals surface area (Å²) >= 11 is 0. The number of carboxylic acid groups (broad SMARTS) is 1. The summed E-state index contributed by atoms with van der Waals surface area (Å²) in [5, 5.41) is 8.87. The number of aromatic nitrogens is 2. The minimum Gasteiger partial charge on any atom is -0.477 e. The first-order valence-electron chi connectivity index (χ1n) is 4.92. The lowest BCUT2D eigenvalue weighted by atomic mass is 10.2. The van der Waals surface area contributed by atoms with E-state index in [-0.39, 0.29) is 0 Å². The zero-order valence-electron chi connectivity index (χ0n) is 8.66. The van der Waals surface area contributed by atoms with Crippen LogP contribution < -0.4 is 0 Å². The summed E-state index contributed by atoms with van der Waals surface area (Å²) in [6.45, 7) is 4.71. The van der Waals surface area contributed by atoms with Gasteiger partial charge in [0, 0.05) is 6.54 Å². The summed E-state index contributed by atoms with van der Waals surface area (Å²) in [6, 6.07) is 0. The highest BCUT2D eigenvalue weighted by molar-refractivity contribution is 5.85. The first-order chi connectivity index (χ1) is 6.66. The molecule has 1 aromatic heterocycles. The quantitative estimate of drug-likeness (QED) is 0.733. The second kappa shape index (κ2) is 4.79. The van der Waals surface area contributed by atoms with Crippen LogP contribution in [0.2, 0.25) is 0 Å². The molecule has 0 aromatic carbocycles. The van der Waals surface area contributed by atoms with Crippen LogP contribution in [0.15, 0.2) is 6.20 Å². The van der Waals surface area contributed by atoms with Gasteiger partial charge < -0.3 is 9.67 Å². The Bertz CT molecular complexity index is 318. The van der Waals surface area contributed by atoms with Gasteiger partial charge in [-0.25, -0.2) is 9.78 Å². The number of carboxylic acids is 1. The Labute approximate surface area is 83.6 Å². The standard InChI is InChI=1S/C10H16N2O2/c1-3-4-5-6-12-8(2)11-7-9(12)10(13)14/h7H,3-6H2,1-2H3,(H,13,14). The number of hydrogen-bond acceptors (Lipinski definition) is 2. The van der Waals surface area contributed by atoms with Crippen LogP contribution in [0, 0.1) is 6.92 Å². The highest BCUT2D eigenvalue weighted by Crippen LogP contribution is 2.07. The number of nitrogens with zero attached hydrogens (tertiary/aromatic N) is 2. The van der Waals surface area contributed by atoms with Gasteiger partial charge >= 0.3 is 5.97 Å². The predicted octanol–water partition coefficient (Wildman–Crippen LogP) is 2.08. The number of hydrogen-bond donors (Lipinski definition) is 1. The molecule has 0 aliphatic carbocycles. The molecule has 0 radical (unpaired) electrons. The van der Waals surface area contributed by atoms with E-state index in [2.05, 4.69) is 11.9 Å². The Hall–Kier alpha value is -1.32. The van der Waals surface area contributed by atoms with Crippen LogP contribution in [0.25, 0.3) is 0 Å². The summed E-state index contributed by atoms with van der Waals surface area (Å²) in [4.78, 5) is 14.8. The van der Waals surface area contributed by atoms with E-state index in [9.17, 15) is 4.79 Å². The molecule has 0 spiro atoms. The molecule has 0 bridgehead atoms. The number of carbonyl (C=O) groups is 1. The SMILES string of the molecule is CCCCCn1c(C(=O)O)cnc1C. The average Bonchev–Trinajstić information content (AvgIpc) is 2.48. The zero-order chi connectivity index (χ0) is 10.6. The number of imidazole rings is 1. The third-order valence-corrected chi connectivity index (χ3v) is 2.26. The van der Waals surface area contributed by atoms with E-state index >= 15 is 0 Å². The molecule has 0 amide bonds. The van der Waals surface area contributed by atoms with E-state index in [1.54, 1.807) is 4.57 Å². The monoisotopic (exact) mass is 196 g/mol. The largest absolute Gasteiger partial charge is 0.477 e. The molecule has 0 saturated carbocycles. The van der Waals surface area contributed by atoms with Crippen LogP contribution in [0.5, 0.6) is 0 Å². The van der Waals surface area contributed by atoms with Crippen molar-refractivity contribution in [2.45, 2.75) is 39.7 Å². The summed E-state index contributed by atoms with van der Waals surface area (Å²) in [7, 11) is 0. The summed E-state index contributed by atoms with van der Waals surface area (Å²) in [5.74, 6) is -0.124. The molecule has 1 aromatic rings. The average molecular weight is 196 g/mol. The van der Waals surface area contributed by atoms with Crippen LogP contribution in [0.4, 0.5) is 0 Å². The Kier molecular flexibility index (Phi) is 3.68. The molecular weight excluding hydrogens is 180 g/mol. The van der Waals surface area contributed by atoms with Gasteiger partial charge in [0.1, 0.15) is 11.5 Å². The van der Waals surface area contributed by atoms with Crippen molar-refractivity contribution >= 4 is 5.97 Å². The maximum Gasteiger partial charge on any atom is 0.354 e. The van der Waals surface area contributed by atoms with Gasteiger partial charge in [-0.1, -0.05) is 19.8 Å². The van der Waals surface area contributed by atoms with Crippen molar-refractivity contribution in [1.29, 1.82) is 0 Å². The van der Waals surface area contributed by atoms with Crippen LogP contribution in [-0.4, -0.2) is 20.6 Å². The molecule has 4 heteroatoms. The van der Waals surface area contributed by atoms with E-state index in [1.165, 1.54) is 6.20 Å². The van der Waals surface area contributed by atoms with Crippen molar-refractivity contribution in [3.8, 4) is 0 Å². The van der Waals surface area contributed by atoms with Gasteiger partial charge in [0.25, 0.3) is 0 Å². The minimum atomic E-state index is -0.901. The van der Waals surface area contributed by atoms with Crippen molar-refractivity contribution < 1.29 is 9.90 Å². The van der Waals surface area contributed by atoms with Crippen molar-refractivity contribution in [2.24, 2.45) is 0 Å². The van der Waals surface area contributed by atoms with E-state index in [4.69, 9.17) is 5.11 Å². The predicted molar refractivity (Wildman–Crippen MR) is 53.4 cm³/mol. The molecule has 0 aliphatic heterocycles. The van der Waals surface area contributed by atoms with Crippen molar-refractivity contribution in [1.82, 2.24) is 9.55 Å². The fraction of sp³-hybridized carbons (Fsp3) is 0.600. The van der Waals surface area contributed by atoms with E-state index in [0.717, 1.165) is 31.6 Å². The fourth-order valence-electron chi connectivity index (χ4n) is 1.44. The smallest absolute Gasteiger partial charge is 0.354 e. The molecule has 0 atom stereocenters. The topological polar surface area (TPSA) is 55.1 Å². The number of rotatable bonds is 5. The van der Waals surface area contributed by atoms with Crippen molar-refractivity contribution in [3.63, 3.8) is 0 Å². The second-order valence-corrected chi connectivity index (χ2v) is 3.35. The van der Waals surface area contributed by atoms with Gasteiger partial charge in [-0.2, -0.15) is 0 Å². The minimum absolute atomic E-state index is 0.290. The van der Waals surface area contributed by atoms with Crippen LogP contribution in [0.3, 0.4) is 0 Å². The molecule has 0 fully saturated rings. The van der Waals surface area contributed by atoms with Gasteiger partial charge in [-0.3, -0.25) is 0 Å². The van der Waals surface area contributed by atoms with Gasteiger partial charge in [0.2, 0.25) is 0 Å². The molecule has 0 aliphatic rings. The molecule has 14 heavy (non-hydrogen) atoms. The Morgan fingerprint density at radius 2 is 2.29 bits per heavy atom. The fourth-order valence-corrected chi connectivity index (χ4v) is 1.44. The molecule has 4 nitrogen and oxygen atoms in total. The Morgan fingerprint density at radius 1 is 1.57 bits per heavy atom. The second-order valence-electron chi connectivity index (χ2n) is 3.35. The molecule has 78 valence electrons. The van der Waals surface area contributed by atoms with Crippen LogP contribution in [0.1, 0.15) is 42.5 Å². The van der Waals surface area contributed by atoms with Gasteiger partial charge in [0.05, 0.1) is 6.20 Å². The summed E-state index contributed by atoms with van der Waals surface area (Å²) in [5.41, 5.74) is 0.290. The normalized spacial score (nSPS) is 10.4. The highest BCUT2D eigenvalue weighted by atomic mass is 16.4. The lowest BCUT2D eigenvalue weighted by Crippen LogP contribution is -2.10. The lowest BCUT2D eigenvalue weighted by Gasteiger charge is -2.06. The van der Waals surface area contributed by atoms with Gasteiger partial charge in [0.15, 0.2) is 0 Å². The molecular formula is C10H16N2O2. The first-order valence-corrected chi connectivity index (χ1v) is 4.92. The molecule has 0 saturated heterocycles. The van der Waals surface area contributed by atoms with Crippen LogP contribution in [-0.2, 0) is 6.54 Å². The number of aryl methyl sites for hydroxylation is 1. The zero-order valence-corrected chi connectivity index (χ0v) is 8.66. The molecule has 0 unspecified atom stereocenters. The van der Waals surface area contributed by atoms with Gasteiger partial charge in [-0.05, 0) is 13.3 Å². The Morgan fingerprint density at radius 3 is 2.86 bits per heavy atom. The maximum absolute atomic E-state index is 10.8. The van der Waals surface area contributed by atoms with Crippen molar-refractivity contribution in [3.05, 3.63) is 17.7 Å². The molecule has 1 heterocycles. The van der Waals surface area contributed by atoms with E-state index in [1.807, 2.05) is 6.92 Å².